The third-order valence-electron chi connectivity index (χ3n) is 4.24. The molecular weight excluding hydrogens is 396 g/mol. The summed E-state index contributed by atoms with van der Waals surface area (Å²) in [7, 11) is 0. The predicted molar refractivity (Wildman–Crippen MR) is 119 cm³/mol. The van der Waals surface area contributed by atoms with E-state index in [9.17, 15) is 4.79 Å². The van der Waals surface area contributed by atoms with E-state index in [4.69, 9.17) is 9.47 Å². The van der Waals surface area contributed by atoms with Crippen LogP contribution in [0.2, 0.25) is 0 Å². The molecule has 0 aliphatic heterocycles. The van der Waals surface area contributed by atoms with Crippen LogP contribution in [-0.2, 0) is 6.61 Å². The van der Waals surface area contributed by atoms with Gasteiger partial charge in [-0.2, -0.15) is 0 Å². The van der Waals surface area contributed by atoms with Crippen molar-refractivity contribution in [3.8, 4) is 17.2 Å². The van der Waals surface area contributed by atoms with Crippen molar-refractivity contribution in [1.29, 1.82) is 0 Å². The second-order valence-electron chi connectivity index (χ2n) is 6.52. The van der Waals surface area contributed by atoms with E-state index in [1.165, 1.54) is 11.3 Å². The molecule has 30 heavy (non-hydrogen) atoms. The summed E-state index contributed by atoms with van der Waals surface area (Å²) >= 11 is 1.34. The Balaban J connectivity index is 1.37. The molecule has 1 heterocycles. The molecule has 1 aromatic heterocycles. The third-order valence-corrected chi connectivity index (χ3v) is 5.37. The number of ether oxygens (including phenoxy) is 2. The Hall–Kier alpha value is -3.64. The zero-order valence-corrected chi connectivity index (χ0v) is 17.2. The summed E-state index contributed by atoms with van der Waals surface area (Å²) in [6.45, 7) is 2.16. The van der Waals surface area contributed by atoms with E-state index < -0.39 is 0 Å². The SMILES string of the molecule is Cc1nc(COc2ccccc2)sc1C(=O)Nc1ccc(Oc2ccccc2)cc1. The summed E-state index contributed by atoms with van der Waals surface area (Å²) in [5.41, 5.74) is 1.38. The number of aromatic nitrogens is 1. The highest BCUT2D eigenvalue weighted by Gasteiger charge is 2.16. The minimum absolute atomic E-state index is 0.187. The molecule has 1 amide bonds. The van der Waals surface area contributed by atoms with Crippen molar-refractivity contribution >= 4 is 22.9 Å². The molecule has 0 fully saturated rings. The van der Waals surface area contributed by atoms with Gasteiger partial charge >= 0.3 is 0 Å². The summed E-state index contributed by atoms with van der Waals surface area (Å²) in [5.74, 6) is 2.05. The largest absolute Gasteiger partial charge is 0.486 e. The van der Waals surface area contributed by atoms with Crippen molar-refractivity contribution < 1.29 is 14.3 Å². The monoisotopic (exact) mass is 416 g/mol. The maximum atomic E-state index is 12.7. The van der Waals surface area contributed by atoms with Gasteiger partial charge in [-0.05, 0) is 55.5 Å². The highest BCUT2D eigenvalue weighted by molar-refractivity contribution is 7.13. The Labute approximate surface area is 178 Å². The minimum atomic E-state index is -0.187. The molecular formula is C24H20N2O3S. The smallest absolute Gasteiger partial charge is 0.267 e. The van der Waals surface area contributed by atoms with Crippen LogP contribution in [0.25, 0.3) is 0 Å². The molecule has 0 aliphatic rings. The molecule has 0 aliphatic carbocycles. The van der Waals surface area contributed by atoms with Crippen LogP contribution in [0.15, 0.2) is 84.9 Å². The first-order valence-corrected chi connectivity index (χ1v) is 10.3. The van der Waals surface area contributed by atoms with E-state index in [1.807, 2.05) is 91.9 Å². The van der Waals surface area contributed by atoms with Gasteiger partial charge in [-0.15, -0.1) is 11.3 Å². The quantitative estimate of drug-likeness (QED) is 0.397. The van der Waals surface area contributed by atoms with Crippen molar-refractivity contribution in [2.75, 3.05) is 5.32 Å². The van der Waals surface area contributed by atoms with Gasteiger partial charge in [0.25, 0.3) is 5.91 Å². The Morgan fingerprint density at radius 3 is 2.13 bits per heavy atom. The normalized spacial score (nSPS) is 10.4. The lowest BCUT2D eigenvalue weighted by Crippen LogP contribution is -2.11. The van der Waals surface area contributed by atoms with Crippen LogP contribution in [0.1, 0.15) is 20.4 Å². The maximum Gasteiger partial charge on any atom is 0.267 e. The van der Waals surface area contributed by atoms with Crippen molar-refractivity contribution in [2.24, 2.45) is 0 Å². The van der Waals surface area contributed by atoms with E-state index in [0.717, 1.165) is 16.5 Å². The molecule has 150 valence electrons. The number of hydrogen-bond acceptors (Lipinski definition) is 5. The zero-order valence-electron chi connectivity index (χ0n) is 16.4. The Bertz CT molecular complexity index is 1110. The molecule has 0 bridgehead atoms. The van der Waals surface area contributed by atoms with E-state index in [-0.39, 0.29) is 5.91 Å². The van der Waals surface area contributed by atoms with Gasteiger partial charge in [-0.25, -0.2) is 4.98 Å². The van der Waals surface area contributed by atoms with Gasteiger partial charge in [0.15, 0.2) is 0 Å². The van der Waals surface area contributed by atoms with Gasteiger partial charge in [-0.3, -0.25) is 4.79 Å². The number of nitrogens with zero attached hydrogens (tertiary/aromatic N) is 1. The molecule has 0 saturated carbocycles. The molecule has 4 rings (SSSR count). The molecule has 0 saturated heterocycles. The van der Waals surface area contributed by atoms with Crippen molar-refractivity contribution in [3.05, 3.63) is 101 Å². The predicted octanol–water partition coefficient (Wildman–Crippen LogP) is 6.08. The van der Waals surface area contributed by atoms with E-state index >= 15 is 0 Å². The fourth-order valence-electron chi connectivity index (χ4n) is 2.81. The molecule has 0 unspecified atom stereocenters. The van der Waals surface area contributed by atoms with Gasteiger partial charge in [0, 0.05) is 5.69 Å². The van der Waals surface area contributed by atoms with Crippen molar-refractivity contribution in [1.82, 2.24) is 4.98 Å². The number of rotatable bonds is 7. The lowest BCUT2D eigenvalue weighted by molar-refractivity contribution is 0.103. The molecule has 0 spiro atoms. The Morgan fingerprint density at radius 1 is 0.867 bits per heavy atom. The van der Waals surface area contributed by atoms with Crippen LogP contribution in [0.4, 0.5) is 5.69 Å². The number of carbonyl (C=O) groups is 1. The molecule has 5 nitrogen and oxygen atoms in total. The number of anilines is 1. The fraction of sp³-hybridized carbons (Fsp3) is 0.0833. The standard InChI is InChI=1S/C24H20N2O3S/c1-17-23(30-22(25-17)16-28-19-8-4-2-5-9-19)24(27)26-18-12-14-21(15-13-18)29-20-10-6-3-7-11-20/h2-15H,16H2,1H3,(H,26,27). The number of amides is 1. The number of aryl methyl sites for hydroxylation is 1. The first kappa shape index (κ1) is 19.7. The number of para-hydroxylation sites is 2. The summed E-state index contributed by atoms with van der Waals surface area (Å²) < 4.78 is 11.5. The van der Waals surface area contributed by atoms with Crippen molar-refractivity contribution in [3.63, 3.8) is 0 Å². The van der Waals surface area contributed by atoms with Crippen LogP contribution in [0.5, 0.6) is 17.2 Å². The van der Waals surface area contributed by atoms with E-state index in [2.05, 4.69) is 10.3 Å². The number of nitrogens with one attached hydrogen (secondary N) is 1. The van der Waals surface area contributed by atoms with Gasteiger partial charge in [0.1, 0.15) is 33.7 Å². The van der Waals surface area contributed by atoms with Crippen LogP contribution >= 0.6 is 11.3 Å². The van der Waals surface area contributed by atoms with E-state index in [0.29, 0.717) is 28.6 Å². The second kappa shape index (κ2) is 9.24. The molecule has 0 radical (unpaired) electrons. The van der Waals surface area contributed by atoms with Gasteiger partial charge in [-0.1, -0.05) is 36.4 Å². The minimum Gasteiger partial charge on any atom is -0.486 e. The highest BCUT2D eigenvalue weighted by atomic mass is 32.1. The molecule has 0 atom stereocenters. The molecule has 1 N–H and O–H groups in total. The topological polar surface area (TPSA) is 60.5 Å². The van der Waals surface area contributed by atoms with Crippen LogP contribution in [0.3, 0.4) is 0 Å². The lowest BCUT2D eigenvalue weighted by atomic mass is 10.3. The van der Waals surface area contributed by atoms with E-state index in [1.54, 1.807) is 0 Å². The van der Waals surface area contributed by atoms with Gasteiger partial charge in [0.05, 0.1) is 5.69 Å². The Kier molecular flexibility index (Phi) is 6.06. The first-order valence-electron chi connectivity index (χ1n) is 9.46. The zero-order chi connectivity index (χ0) is 20.8. The van der Waals surface area contributed by atoms with Crippen molar-refractivity contribution in [2.45, 2.75) is 13.5 Å². The summed E-state index contributed by atoms with van der Waals surface area (Å²) in [5, 5.41) is 3.67. The average molecular weight is 417 g/mol. The lowest BCUT2D eigenvalue weighted by Gasteiger charge is -2.07. The second-order valence-corrected chi connectivity index (χ2v) is 7.60. The van der Waals surface area contributed by atoms with Gasteiger partial charge < -0.3 is 14.8 Å². The maximum absolute atomic E-state index is 12.7. The summed E-state index contributed by atoms with van der Waals surface area (Å²) in [4.78, 5) is 17.7. The first-order chi connectivity index (χ1) is 14.7. The number of benzene rings is 3. The van der Waals surface area contributed by atoms with Crippen LogP contribution in [0, 0.1) is 6.92 Å². The number of hydrogen-bond donors (Lipinski definition) is 1. The number of thiazole rings is 1. The van der Waals surface area contributed by atoms with Crippen LogP contribution < -0.4 is 14.8 Å². The highest BCUT2D eigenvalue weighted by Crippen LogP contribution is 2.25. The number of carbonyl (C=O) groups excluding carboxylic acids is 1. The summed E-state index contributed by atoms with van der Waals surface area (Å²) in [6, 6.07) is 26.4. The molecule has 6 heteroatoms. The average Bonchev–Trinajstić information content (AvgIpc) is 3.16. The molecule has 3 aromatic carbocycles. The fourth-order valence-corrected chi connectivity index (χ4v) is 3.68. The van der Waals surface area contributed by atoms with Crippen LogP contribution in [-0.4, -0.2) is 10.9 Å². The van der Waals surface area contributed by atoms with Gasteiger partial charge in [0.2, 0.25) is 0 Å². The molecule has 4 aromatic rings. The summed E-state index contributed by atoms with van der Waals surface area (Å²) in [6.07, 6.45) is 0. The third kappa shape index (κ3) is 5.04. The Morgan fingerprint density at radius 2 is 1.47 bits per heavy atom.